The third-order valence-electron chi connectivity index (χ3n) is 5.40. The molecule has 0 unspecified atom stereocenters. The highest BCUT2D eigenvalue weighted by atomic mass is 32.2. The van der Waals surface area contributed by atoms with E-state index in [-0.39, 0.29) is 34.1 Å². The second-order valence-corrected chi connectivity index (χ2v) is 9.17. The molecule has 4 rings (SSSR count). The number of halogens is 1. The average molecular weight is 422 g/mol. The highest BCUT2D eigenvalue weighted by Gasteiger charge is 2.37. The van der Waals surface area contributed by atoms with Crippen LogP contribution in [-0.2, 0) is 17.1 Å². The van der Waals surface area contributed by atoms with Crippen molar-refractivity contribution in [3.05, 3.63) is 41.5 Å². The lowest BCUT2D eigenvalue weighted by Crippen LogP contribution is -2.53. The normalized spacial score (nSPS) is 23.1. The number of rotatable bonds is 2. The number of fused-ring (bicyclic) bond motifs is 2. The maximum Gasteiger partial charge on any atom is 0.276 e. The zero-order chi connectivity index (χ0) is 20.8. The van der Waals surface area contributed by atoms with Gasteiger partial charge in [0.1, 0.15) is 10.7 Å². The van der Waals surface area contributed by atoms with Gasteiger partial charge in [-0.05, 0) is 43.7 Å². The smallest absolute Gasteiger partial charge is 0.276 e. The standard InChI is InChI=1S/C19H23FN4O4S/c1-11-7-13(3-4-14(11)20)22-19(25)17-18-16(9-24(17)2)29(26,27)23-15-8-21-6-5-12(15)10-28-18/h3-4,7,9,12,15,21,23H,5-6,8,10H2,1-2H3,(H,22,25)/t12-,15-/m1/s1. The fraction of sp³-hybridized carbons (Fsp3) is 0.421. The molecule has 2 aromatic rings. The van der Waals surface area contributed by atoms with Gasteiger partial charge in [0.2, 0.25) is 10.0 Å². The first-order valence-corrected chi connectivity index (χ1v) is 10.9. The van der Waals surface area contributed by atoms with Gasteiger partial charge in [-0.15, -0.1) is 0 Å². The Hall–Kier alpha value is -2.43. The van der Waals surface area contributed by atoms with E-state index in [1.165, 1.54) is 29.0 Å². The zero-order valence-electron chi connectivity index (χ0n) is 16.2. The number of sulfonamides is 1. The van der Waals surface area contributed by atoms with Crippen molar-refractivity contribution in [3.63, 3.8) is 0 Å². The predicted molar refractivity (Wildman–Crippen MR) is 105 cm³/mol. The first-order chi connectivity index (χ1) is 13.8. The molecule has 156 valence electrons. The number of hydrogen-bond donors (Lipinski definition) is 3. The summed E-state index contributed by atoms with van der Waals surface area (Å²) < 4.78 is 49.4. The van der Waals surface area contributed by atoms with E-state index in [0.29, 0.717) is 24.4 Å². The maximum absolute atomic E-state index is 13.5. The van der Waals surface area contributed by atoms with E-state index in [1.807, 2.05) is 0 Å². The molecule has 0 aliphatic carbocycles. The summed E-state index contributed by atoms with van der Waals surface area (Å²) in [7, 11) is -2.27. The first-order valence-electron chi connectivity index (χ1n) is 9.39. The molecule has 0 radical (unpaired) electrons. The summed E-state index contributed by atoms with van der Waals surface area (Å²) in [6.45, 7) is 3.22. The van der Waals surface area contributed by atoms with Gasteiger partial charge < -0.3 is 19.9 Å². The topological polar surface area (TPSA) is 101 Å². The van der Waals surface area contributed by atoms with Gasteiger partial charge in [-0.3, -0.25) is 4.79 Å². The van der Waals surface area contributed by atoms with Gasteiger partial charge in [0.25, 0.3) is 5.91 Å². The van der Waals surface area contributed by atoms with E-state index >= 15 is 0 Å². The van der Waals surface area contributed by atoms with Crippen molar-refractivity contribution in [2.45, 2.75) is 24.3 Å². The van der Waals surface area contributed by atoms with Gasteiger partial charge in [-0.2, -0.15) is 0 Å². The summed E-state index contributed by atoms with van der Waals surface area (Å²) in [6, 6.07) is 3.97. The van der Waals surface area contributed by atoms with Crippen LogP contribution in [0.1, 0.15) is 22.5 Å². The monoisotopic (exact) mass is 422 g/mol. The van der Waals surface area contributed by atoms with Crippen LogP contribution < -0.4 is 20.1 Å². The van der Waals surface area contributed by atoms with Crippen molar-refractivity contribution >= 4 is 21.6 Å². The number of piperidine rings is 1. The number of aryl methyl sites for hydroxylation is 2. The van der Waals surface area contributed by atoms with Crippen LogP contribution in [0.15, 0.2) is 29.3 Å². The SMILES string of the molecule is Cc1cc(NC(=O)c2c3c(cn2C)S(=O)(=O)N[C@@H]2CNCC[C@@H]2CO3)ccc1F. The molecule has 29 heavy (non-hydrogen) atoms. The van der Waals surface area contributed by atoms with E-state index in [1.54, 1.807) is 14.0 Å². The van der Waals surface area contributed by atoms with E-state index in [9.17, 15) is 17.6 Å². The van der Waals surface area contributed by atoms with Crippen LogP contribution in [0.5, 0.6) is 5.75 Å². The molecule has 8 nitrogen and oxygen atoms in total. The summed E-state index contributed by atoms with van der Waals surface area (Å²) in [5.74, 6) is -0.857. The molecule has 1 aromatic heterocycles. The van der Waals surface area contributed by atoms with E-state index < -0.39 is 15.9 Å². The number of nitrogens with one attached hydrogen (secondary N) is 3. The van der Waals surface area contributed by atoms with Gasteiger partial charge in [-0.1, -0.05) is 0 Å². The summed E-state index contributed by atoms with van der Waals surface area (Å²) in [5, 5.41) is 5.88. The molecule has 10 heteroatoms. The number of carbonyl (C=O) groups is 1. The molecule has 1 aromatic carbocycles. The summed E-state index contributed by atoms with van der Waals surface area (Å²) >= 11 is 0. The number of amides is 1. The molecular formula is C19H23FN4O4S. The molecule has 1 amide bonds. The van der Waals surface area contributed by atoms with Crippen LogP contribution in [-0.4, -0.2) is 44.6 Å². The molecule has 0 saturated carbocycles. The summed E-state index contributed by atoms with van der Waals surface area (Å²) in [4.78, 5) is 12.9. The molecule has 0 spiro atoms. The van der Waals surface area contributed by atoms with E-state index in [2.05, 4.69) is 15.4 Å². The fourth-order valence-corrected chi connectivity index (χ4v) is 5.28. The van der Waals surface area contributed by atoms with Crippen molar-refractivity contribution in [2.24, 2.45) is 13.0 Å². The Labute approximate surface area is 168 Å². The fourth-order valence-electron chi connectivity index (χ4n) is 3.79. The Balaban J connectivity index is 1.69. The molecule has 3 N–H and O–H groups in total. The minimum atomic E-state index is -3.86. The quantitative estimate of drug-likeness (QED) is 0.679. The molecule has 3 heterocycles. The molecule has 1 saturated heterocycles. The van der Waals surface area contributed by atoms with Crippen LogP contribution in [0.25, 0.3) is 0 Å². The zero-order valence-corrected chi connectivity index (χ0v) is 17.0. The first kappa shape index (κ1) is 19.9. The number of aromatic nitrogens is 1. The summed E-state index contributed by atoms with van der Waals surface area (Å²) in [5.41, 5.74) is 0.902. The minimum Gasteiger partial charge on any atom is -0.489 e. The summed E-state index contributed by atoms with van der Waals surface area (Å²) in [6.07, 6.45) is 2.14. The molecule has 0 bridgehead atoms. The minimum absolute atomic E-state index is 0.00930. The number of benzene rings is 1. The van der Waals surface area contributed by atoms with Crippen molar-refractivity contribution in [1.29, 1.82) is 0 Å². The Kier molecular flexibility index (Phi) is 5.09. The van der Waals surface area contributed by atoms with Gasteiger partial charge in [0, 0.05) is 37.4 Å². The third kappa shape index (κ3) is 3.75. The Bertz CT molecular complexity index is 1070. The molecular weight excluding hydrogens is 399 g/mol. The lowest BCUT2D eigenvalue weighted by atomic mass is 9.94. The number of anilines is 1. The Morgan fingerprint density at radius 2 is 2.17 bits per heavy atom. The maximum atomic E-state index is 13.5. The number of ether oxygens (including phenoxy) is 1. The Morgan fingerprint density at radius 1 is 1.38 bits per heavy atom. The van der Waals surface area contributed by atoms with Crippen molar-refractivity contribution in [3.8, 4) is 5.75 Å². The van der Waals surface area contributed by atoms with Gasteiger partial charge in [0.05, 0.1) is 6.61 Å². The van der Waals surface area contributed by atoms with Crippen molar-refractivity contribution in [1.82, 2.24) is 14.6 Å². The van der Waals surface area contributed by atoms with Gasteiger partial charge in [-0.25, -0.2) is 17.5 Å². The average Bonchev–Trinajstić information content (AvgIpc) is 3.00. The van der Waals surface area contributed by atoms with Gasteiger partial charge >= 0.3 is 0 Å². The van der Waals surface area contributed by atoms with E-state index in [0.717, 1.165) is 13.0 Å². The van der Waals surface area contributed by atoms with Crippen LogP contribution in [0.4, 0.5) is 10.1 Å². The number of hydrogen-bond acceptors (Lipinski definition) is 5. The number of carbonyl (C=O) groups excluding carboxylic acids is 1. The van der Waals surface area contributed by atoms with E-state index in [4.69, 9.17) is 4.74 Å². The second kappa shape index (κ2) is 7.43. The van der Waals surface area contributed by atoms with Crippen molar-refractivity contribution in [2.75, 3.05) is 25.0 Å². The van der Waals surface area contributed by atoms with Crippen LogP contribution >= 0.6 is 0 Å². The largest absolute Gasteiger partial charge is 0.489 e. The van der Waals surface area contributed by atoms with Crippen molar-refractivity contribution < 1.29 is 22.3 Å². The molecule has 1 fully saturated rings. The Morgan fingerprint density at radius 3 is 2.93 bits per heavy atom. The lowest BCUT2D eigenvalue weighted by molar-refractivity contribution is 0.101. The third-order valence-corrected chi connectivity index (χ3v) is 6.88. The predicted octanol–water partition coefficient (Wildman–Crippen LogP) is 1.37. The number of nitrogens with zero attached hydrogens (tertiary/aromatic N) is 1. The van der Waals surface area contributed by atoms with Gasteiger partial charge in [0.15, 0.2) is 11.4 Å². The molecule has 2 atom stereocenters. The molecule has 2 aliphatic rings. The highest BCUT2D eigenvalue weighted by Crippen LogP contribution is 2.34. The van der Waals surface area contributed by atoms with Crippen LogP contribution in [0.2, 0.25) is 0 Å². The second-order valence-electron chi connectivity index (χ2n) is 7.49. The lowest BCUT2D eigenvalue weighted by Gasteiger charge is -2.34. The highest BCUT2D eigenvalue weighted by molar-refractivity contribution is 7.89. The molecule has 2 aliphatic heterocycles. The van der Waals surface area contributed by atoms with Crippen LogP contribution in [0.3, 0.4) is 0 Å². The van der Waals surface area contributed by atoms with Crippen LogP contribution in [0, 0.1) is 18.7 Å².